The molecule has 2 nitrogen and oxygen atoms in total. The molecule has 0 unspecified atom stereocenters. The first-order valence-corrected chi connectivity index (χ1v) is 4.73. The normalized spacial score (nSPS) is 19.0. The van der Waals surface area contributed by atoms with Gasteiger partial charge in [-0.1, -0.05) is 0 Å². The van der Waals surface area contributed by atoms with Crippen LogP contribution in [0.2, 0.25) is 0 Å². The molecule has 1 saturated heterocycles. The van der Waals surface area contributed by atoms with Crippen LogP contribution in [0.4, 0.5) is 4.39 Å². The molecule has 0 aromatic rings. The van der Waals surface area contributed by atoms with Crippen molar-refractivity contribution in [2.45, 2.75) is 19.5 Å². The molecule has 1 amide bonds. The van der Waals surface area contributed by atoms with Crippen molar-refractivity contribution >= 4 is 17.7 Å². The lowest BCUT2D eigenvalue weighted by Crippen LogP contribution is -2.40. The largest absolute Gasteiger partial charge is 0.330 e. The Labute approximate surface area is 70.1 Å². The van der Waals surface area contributed by atoms with Gasteiger partial charge in [0.15, 0.2) is 5.67 Å². The summed E-state index contributed by atoms with van der Waals surface area (Å²) in [6, 6.07) is 0. The fraction of sp³-hybridized carbons (Fsp3) is 0.857. The van der Waals surface area contributed by atoms with Crippen LogP contribution in [0, 0.1) is 0 Å². The molecule has 1 heterocycles. The van der Waals surface area contributed by atoms with Crippen molar-refractivity contribution in [1.29, 1.82) is 0 Å². The van der Waals surface area contributed by atoms with E-state index in [9.17, 15) is 9.18 Å². The van der Waals surface area contributed by atoms with Crippen LogP contribution in [-0.2, 0) is 4.79 Å². The minimum atomic E-state index is -1.70. The number of carbonyl (C=O) groups excluding carboxylic acids is 1. The van der Waals surface area contributed by atoms with E-state index in [1.807, 2.05) is 0 Å². The molecule has 0 N–H and O–H groups in total. The van der Waals surface area contributed by atoms with Crippen molar-refractivity contribution in [2.75, 3.05) is 18.2 Å². The van der Waals surface area contributed by atoms with Crippen molar-refractivity contribution < 1.29 is 9.18 Å². The van der Waals surface area contributed by atoms with E-state index in [0.29, 0.717) is 12.4 Å². The predicted octanol–water partition coefficient (Wildman–Crippen LogP) is 1.27. The smallest absolute Gasteiger partial charge is 0.260 e. The molecule has 64 valence electrons. The van der Waals surface area contributed by atoms with Crippen molar-refractivity contribution in [3.05, 3.63) is 0 Å². The number of hydrogen-bond donors (Lipinski definition) is 0. The molecule has 1 rings (SSSR count). The molecule has 0 saturated carbocycles. The number of thioether (sulfide) groups is 1. The van der Waals surface area contributed by atoms with Crippen LogP contribution < -0.4 is 0 Å². The third-order valence-corrected chi connectivity index (χ3v) is 2.51. The second-order valence-electron chi connectivity index (χ2n) is 3.08. The van der Waals surface area contributed by atoms with Crippen molar-refractivity contribution in [2.24, 2.45) is 0 Å². The predicted molar refractivity (Wildman–Crippen MR) is 44.2 cm³/mol. The highest BCUT2D eigenvalue weighted by Gasteiger charge is 2.32. The Morgan fingerprint density at radius 3 is 2.64 bits per heavy atom. The summed E-state index contributed by atoms with van der Waals surface area (Å²) in [6.07, 6.45) is 0. The van der Waals surface area contributed by atoms with Gasteiger partial charge < -0.3 is 4.90 Å². The first-order valence-electron chi connectivity index (χ1n) is 3.58. The van der Waals surface area contributed by atoms with E-state index >= 15 is 0 Å². The summed E-state index contributed by atoms with van der Waals surface area (Å²) in [5.41, 5.74) is -1.70. The molecular weight excluding hydrogens is 165 g/mol. The Morgan fingerprint density at radius 2 is 2.27 bits per heavy atom. The molecule has 0 bridgehead atoms. The Bertz CT molecular complexity index is 160. The number of amides is 1. The maximum absolute atomic E-state index is 13.0. The van der Waals surface area contributed by atoms with Gasteiger partial charge in [0.05, 0.1) is 5.88 Å². The maximum atomic E-state index is 13.0. The molecule has 0 aliphatic carbocycles. The molecule has 4 heteroatoms. The van der Waals surface area contributed by atoms with E-state index in [0.717, 1.165) is 5.75 Å². The number of alkyl halides is 1. The SMILES string of the molecule is CC(C)(F)C(=O)N1CCSC1. The zero-order chi connectivity index (χ0) is 8.48. The summed E-state index contributed by atoms with van der Waals surface area (Å²) in [4.78, 5) is 12.8. The lowest BCUT2D eigenvalue weighted by molar-refractivity contribution is -0.140. The van der Waals surface area contributed by atoms with Gasteiger partial charge >= 0.3 is 0 Å². The topological polar surface area (TPSA) is 20.3 Å². The summed E-state index contributed by atoms with van der Waals surface area (Å²) < 4.78 is 13.0. The summed E-state index contributed by atoms with van der Waals surface area (Å²) in [7, 11) is 0. The van der Waals surface area contributed by atoms with Crippen LogP contribution in [0.3, 0.4) is 0 Å². The molecule has 1 aliphatic rings. The minimum absolute atomic E-state index is 0.387. The van der Waals surface area contributed by atoms with Crippen molar-refractivity contribution in [3.8, 4) is 0 Å². The molecule has 0 radical (unpaired) electrons. The fourth-order valence-electron chi connectivity index (χ4n) is 0.950. The van der Waals surface area contributed by atoms with Gasteiger partial charge in [0.2, 0.25) is 0 Å². The molecule has 0 spiro atoms. The first-order chi connectivity index (χ1) is 5.02. The van der Waals surface area contributed by atoms with Crippen LogP contribution in [0.5, 0.6) is 0 Å². The zero-order valence-corrected chi connectivity index (χ0v) is 7.58. The lowest BCUT2D eigenvalue weighted by atomic mass is 10.1. The Morgan fingerprint density at radius 1 is 1.64 bits per heavy atom. The molecule has 1 fully saturated rings. The van der Waals surface area contributed by atoms with Gasteiger partial charge in [0.1, 0.15) is 0 Å². The van der Waals surface area contributed by atoms with Crippen molar-refractivity contribution in [1.82, 2.24) is 4.90 Å². The Kier molecular flexibility index (Phi) is 2.42. The highest BCUT2D eigenvalue weighted by atomic mass is 32.2. The van der Waals surface area contributed by atoms with Gasteiger partial charge in [-0.05, 0) is 13.8 Å². The molecule has 0 aromatic carbocycles. The monoisotopic (exact) mass is 177 g/mol. The molecular formula is C7H12FNOS. The minimum Gasteiger partial charge on any atom is -0.330 e. The molecule has 11 heavy (non-hydrogen) atoms. The quantitative estimate of drug-likeness (QED) is 0.601. The van der Waals surface area contributed by atoms with E-state index in [1.54, 1.807) is 16.7 Å². The van der Waals surface area contributed by atoms with Gasteiger partial charge in [-0.3, -0.25) is 4.79 Å². The van der Waals surface area contributed by atoms with Gasteiger partial charge in [-0.15, -0.1) is 11.8 Å². The maximum Gasteiger partial charge on any atom is 0.260 e. The second kappa shape index (κ2) is 3.01. The molecule has 0 aromatic heterocycles. The van der Waals surface area contributed by atoms with Gasteiger partial charge in [-0.2, -0.15) is 0 Å². The highest BCUT2D eigenvalue weighted by Crippen LogP contribution is 2.19. The van der Waals surface area contributed by atoms with Gasteiger partial charge in [0.25, 0.3) is 5.91 Å². The lowest BCUT2D eigenvalue weighted by Gasteiger charge is -2.21. The average Bonchev–Trinajstić information content (AvgIpc) is 2.34. The number of rotatable bonds is 1. The number of carbonyl (C=O) groups is 1. The highest BCUT2D eigenvalue weighted by molar-refractivity contribution is 7.99. The van der Waals surface area contributed by atoms with Crippen LogP contribution in [-0.4, -0.2) is 34.7 Å². The third-order valence-electron chi connectivity index (χ3n) is 1.55. The van der Waals surface area contributed by atoms with Crippen molar-refractivity contribution in [3.63, 3.8) is 0 Å². The first kappa shape index (κ1) is 8.84. The molecule has 0 atom stereocenters. The van der Waals surface area contributed by atoms with E-state index in [4.69, 9.17) is 0 Å². The number of halogens is 1. The van der Waals surface area contributed by atoms with Crippen LogP contribution in [0.15, 0.2) is 0 Å². The fourth-order valence-corrected chi connectivity index (χ4v) is 1.90. The van der Waals surface area contributed by atoms with Gasteiger partial charge in [-0.25, -0.2) is 4.39 Å². The third kappa shape index (κ3) is 2.09. The van der Waals surface area contributed by atoms with Crippen LogP contribution in [0.25, 0.3) is 0 Å². The summed E-state index contributed by atoms with van der Waals surface area (Å²) in [5, 5.41) is 0. The van der Waals surface area contributed by atoms with Gasteiger partial charge in [0, 0.05) is 12.3 Å². The summed E-state index contributed by atoms with van der Waals surface area (Å²) >= 11 is 1.67. The summed E-state index contributed by atoms with van der Waals surface area (Å²) in [6.45, 7) is 3.30. The van der Waals surface area contributed by atoms with E-state index in [2.05, 4.69) is 0 Å². The van der Waals surface area contributed by atoms with Crippen LogP contribution >= 0.6 is 11.8 Å². The summed E-state index contributed by atoms with van der Waals surface area (Å²) in [5.74, 6) is 1.19. The Hall–Kier alpha value is -0.250. The zero-order valence-electron chi connectivity index (χ0n) is 6.76. The number of nitrogens with zero attached hydrogens (tertiary/aromatic N) is 1. The van der Waals surface area contributed by atoms with E-state index in [-0.39, 0.29) is 5.91 Å². The standard InChI is InChI=1S/C7H12FNOS/c1-7(2,8)6(10)9-3-4-11-5-9/h3-5H2,1-2H3. The number of hydrogen-bond acceptors (Lipinski definition) is 2. The second-order valence-corrected chi connectivity index (χ2v) is 4.15. The average molecular weight is 177 g/mol. The molecule has 1 aliphatic heterocycles. The van der Waals surface area contributed by atoms with Crippen LogP contribution in [0.1, 0.15) is 13.8 Å². The Balaban J connectivity index is 2.53. The van der Waals surface area contributed by atoms with E-state index in [1.165, 1.54) is 13.8 Å². The van der Waals surface area contributed by atoms with E-state index < -0.39 is 5.67 Å².